The predicted molar refractivity (Wildman–Crippen MR) is 124 cm³/mol. The summed E-state index contributed by atoms with van der Waals surface area (Å²) >= 11 is 0. The van der Waals surface area contributed by atoms with Crippen molar-refractivity contribution < 1.29 is 19.4 Å². The number of carboxylic acid groups (broad SMARTS) is 1. The lowest BCUT2D eigenvalue weighted by atomic mass is 9.75. The maximum Gasteiger partial charge on any atom is 0.326 e. The minimum absolute atomic E-state index is 0.215. The topological polar surface area (TPSA) is 67.8 Å². The molecule has 0 radical (unpaired) electrons. The first kappa shape index (κ1) is 23.0. The molecule has 2 aromatic carbocycles. The van der Waals surface area contributed by atoms with Crippen LogP contribution in [0.25, 0.3) is 0 Å². The minimum Gasteiger partial charge on any atom is -0.497 e. The highest BCUT2D eigenvalue weighted by Crippen LogP contribution is 2.37. The van der Waals surface area contributed by atoms with E-state index >= 15 is 0 Å². The van der Waals surface area contributed by atoms with E-state index in [-0.39, 0.29) is 5.60 Å². The second kappa shape index (κ2) is 10.1. The Labute approximate surface area is 185 Å². The molecule has 0 amide bonds. The zero-order chi connectivity index (χ0) is 22.4. The van der Waals surface area contributed by atoms with Gasteiger partial charge >= 0.3 is 5.97 Å². The van der Waals surface area contributed by atoms with Crippen molar-refractivity contribution in [3.63, 3.8) is 0 Å². The molecule has 0 unspecified atom stereocenters. The molecule has 0 aliphatic heterocycles. The van der Waals surface area contributed by atoms with Gasteiger partial charge in [-0.25, -0.2) is 4.79 Å². The van der Waals surface area contributed by atoms with Crippen LogP contribution in [0.5, 0.6) is 11.5 Å². The average molecular weight is 426 g/mol. The maximum absolute atomic E-state index is 11.8. The molecule has 0 bridgehead atoms. The van der Waals surface area contributed by atoms with Gasteiger partial charge in [0.2, 0.25) is 0 Å². The van der Waals surface area contributed by atoms with Crippen LogP contribution in [0.3, 0.4) is 0 Å². The Bertz CT molecular complexity index is 837. The van der Waals surface area contributed by atoms with E-state index in [9.17, 15) is 9.90 Å². The van der Waals surface area contributed by atoms with Crippen molar-refractivity contribution in [2.75, 3.05) is 12.4 Å². The number of hydrogen-bond donors (Lipinski definition) is 2. The van der Waals surface area contributed by atoms with Crippen LogP contribution in [0, 0.1) is 11.8 Å². The smallest absolute Gasteiger partial charge is 0.326 e. The summed E-state index contributed by atoms with van der Waals surface area (Å²) in [5.41, 5.74) is 1.48. The van der Waals surface area contributed by atoms with E-state index in [1.165, 1.54) is 25.7 Å². The highest BCUT2D eigenvalue weighted by Gasteiger charge is 2.34. The number of benzene rings is 2. The Balaban J connectivity index is 1.60. The fraction of sp³-hybridized carbons (Fsp3) is 0.500. The largest absolute Gasteiger partial charge is 0.497 e. The lowest BCUT2D eigenvalue weighted by molar-refractivity contribution is -0.137. The first-order valence-electron chi connectivity index (χ1n) is 11.2. The van der Waals surface area contributed by atoms with Crippen molar-refractivity contribution in [2.24, 2.45) is 11.8 Å². The molecule has 3 rings (SSSR count). The molecular formula is C26H35NO4. The number of nitrogens with one attached hydrogen (secondary N) is 1. The zero-order valence-corrected chi connectivity index (χ0v) is 19.1. The highest BCUT2D eigenvalue weighted by molar-refractivity contribution is 5.77. The van der Waals surface area contributed by atoms with Crippen molar-refractivity contribution in [1.29, 1.82) is 0 Å². The third-order valence-corrected chi connectivity index (χ3v) is 6.47. The summed E-state index contributed by atoms with van der Waals surface area (Å²) in [6.07, 6.45) is 5.33. The summed E-state index contributed by atoms with van der Waals surface area (Å²) in [6.45, 7) is 6.68. The van der Waals surface area contributed by atoms with E-state index in [1.807, 2.05) is 48.5 Å². The van der Waals surface area contributed by atoms with Crippen LogP contribution in [0.1, 0.15) is 52.0 Å². The van der Waals surface area contributed by atoms with E-state index in [0.717, 1.165) is 28.7 Å². The van der Waals surface area contributed by atoms with Gasteiger partial charge in [-0.05, 0) is 80.5 Å². The molecule has 31 heavy (non-hydrogen) atoms. The lowest BCUT2D eigenvalue weighted by Gasteiger charge is -2.38. The second-order valence-electron chi connectivity index (χ2n) is 9.27. The van der Waals surface area contributed by atoms with Crippen molar-refractivity contribution in [2.45, 2.75) is 64.5 Å². The molecule has 0 heterocycles. The van der Waals surface area contributed by atoms with Gasteiger partial charge in [-0.1, -0.05) is 31.9 Å². The molecule has 168 valence electrons. The van der Waals surface area contributed by atoms with Crippen LogP contribution in [-0.4, -0.2) is 29.8 Å². The quantitative estimate of drug-likeness (QED) is 0.532. The van der Waals surface area contributed by atoms with Gasteiger partial charge in [-0.15, -0.1) is 0 Å². The summed E-state index contributed by atoms with van der Waals surface area (Å²) in [4.78, 5) is 11.8. The molecule has 2 N–H and O–H groups in total. The summed E-state index contributed by atoms with van der Waals surface area (Å²) < 4.78 is 11.5. The van der Waals surface area contributed by atoms with Crippen LogP contribution in [0.4, 0.5) is 5.69 Å². The molecular weight excluding hydrogens is 390 g/mol. The zero-order valence-electron chi connectivity index (χ0n) is 19.1. The molecule has 0 spiro atoms. The van der Waals surface area contributed by atoms with Gasteiger partial charge in [0.1, 0.15) is 23.1 Å². The molecule has 2 aromatic rings. The van der Waals surface area contributed by atoms with Crippen LogP contribution < -0.4 is 14.8 Å². The maximum atomic E-state index is 11.8. The summed E-state index contributed by atoms with van der Waals surface area (Å²) in [6, 6.07) is 14.4. The van der Waals surface area contributed by atoms with Crippen LogP contribution in [0.15, 0.2) is 48.5 Å². The SMILES string of the molecule is COc1ccc(C[C@H](Nc2ccc(OC(C)(C)C3CCC(C)CC3)cc2)C(=O)O)cc1. The van der Waals surface area contributed by atoms with Gasteiger partial charge in [0.05, 0.1) is 7.11 Å². The van der Waals surface area contributed by atoms with Gasteiger partial charge in [0.15, 0.2) is 0 Å². The van der Waals surface area contributed by atoms with E-state index < -0.39 is 12.0 Å². The van der Waals surface area contributed by atoms with Crippen molar-refractivity contribution in [3.05, 3.63) is 54.1 Å². The van der Waals surface area contributed by atoms with Gasteiger partial charge in [-0.2, -0.15) is 0 Å². The molecule has 5 heteroatoms. The van der Waals surface area contributed by atoms with Crippen LogP contribution in [-0.2, 0) is 11.2 Å². The monoisotopic (exact) mass is 425 g/mol. The van der Waals surface area contributed by atoms with Gasteiger partial charge in [-0.3, -0.25) is 0 Å². The average Bonchev–Trinajstić information content (AvgIpc) is 2.75. The first-order chi connectivity index (χ1) is 14.8. The van der Waals surface area contributed by atoms with E-state index in [4.69, 9.17) is 9.47 Å². The van der Waals surface area contributed by atoms with Gasteiger partial charge < -0.3 is 19.9 Å². The van der Waals surface area contributed by atoms with E-state index in [1.54, 1.807) is 7.11 Å². The third-order valence-electron chi connectivity index (χ3n) is 6.47. The summed E-state index contributed by atoms with van der Waals surface area (Å²) in [5, 5.41) is 12.8. The Morgan fingerprint density at radius 1 is 1.03 bits per heavy atom. The fourth-order valence-electron chi connectivity index (χ4n) is 4.36. The number of anilines is 1. The highest BCUT2D eigenvalue weighted by atomic mass is 16.5. The molecule has 1 saturated carbocycles. The van der Waals surface area contributed by atoms with Crippen LogP contribution in [0.2, 0.25) is 0 Å². The lowest BCUT2D eigenvalue weighted by Crippen LogP contribution is -2.39. The normalized spacial score (nSPS) is 20.0. The van der Waals surface area contributed by atoms with Crippen molar-refractivity contribution >= 4 is 11.7 Å². The van der Waals surface area contributed by atoms with Crippen molar-refractivity contribution in [1.82, 2.24) is 0 Å². The first-order valence-corrected chi connectivity index (χ1v) is 11.2. The third kappa shape index (κ3) is 6.39. The molecule has 1 atom stereocenters. The Kier molecular flexibility index (Phi) is 7.47. The van der Waals surface area contributed by atoms with Gasteiger partial charge in [0, 0.05) is 12.1 Å². The number of rotatable bonds is 9. The number of carbonyl (C=O) groups is 1. The van der Waals surface area contributed by atoms with Crippen molar-refractivity contribution in [3.8, 4) is 11.5 Å². The summed E-state index contributed by atoms with van der Waals surface area (Å²) in [5.74, 6) is 2.06. The number of methoxy groups -OCH3 is 1. The Morgan fingerprint density at radius 3 is 2.16 bits per heavy atom. The van der Waals surface area contributed by atoms with E-state index in [0.29, 0.717) is 12.3 Å². The molecule has 0 aromatic heterocycles. The van der Waals surface area contributed by atoms with E-state index in [2.05, 4.69) is 26.1 Å². The molecule has 0 saturated heterocycles. The number of aliphatic carboxylic acids is 1. The fourth-order valence-corrected chi connectivity index (χ4v) is 4.36. The predicted octanol–water partition coefficient (Wildman–Crippen LogP) is 5.79. The second-order valence-corrected chi connectivity index (χ2v) is 9.27. The minimum atomic E-state index is -0.885. The van der Waals surface area contributed by atoms with Gasteiger partial charge in [0.25, 0.3) is 0 Å². The molecule has 5 nitrogen and oxygen atoms in total. The number of hydrogen-bond acceptors (Lipinski definition) is 4. The molecule has 1 aliphatic rings. The molecule has 1 aliphatic carbocycles. The standard InChI is InChI=1S/C26H35NO4/c1-18-5-9-20(10-6-18)26(2,3)31-23-15-11-21(12-16-23)27-24(25(28)29)17-19-7-13-22(30-4)14-8-19/h7-8,11-16,18,20,24,27H,5-6,9-10,17H2,1-4H3,(H,28,29)/t18?,20?,24-/m0/s1. The number of ether oxygens (including phenoxy) is 2. The Hall–Kier alpha value is -2.69. The summed E-state index contributed by atoms with van der Waals surface area (Å²) in [7, 11) is 1.61. The number of carboxylic acids is 1. The van der Waals surface area contributed by atoms with Crippen LogP contribution >= 0.6 is 0 Å². The molecule has 1 fully saturated rings. The Morgan fingerprint density at radius 2 is 1.61 bits per heavy atom.